The van der Waals surface area contributed by atoms with Crippen molar-refractivity contribution in [2.75, 3.05) is 11.6 Å². The predicted octanol–water partition coefficient (Wildman–Crippen LogP) is 4.17. The Kier molecular flexibility index (Phi) is 3.38. The first-order chi connectivity index (χ1) is 9.75. The Labute approximate surface area is 120 Å². The first-order valence-electron chi connectivity index (χ1n) is 6.93. The number of benzene rings is 2. The SMILES string of the molecule is CC1=CC(C)=[N+](c2ccccc2)CN1c1ccccc1. The van der Waals surface area contributed by atoms with Crippen molar-refractivity contribution in [2.45, 2.75) is 13.8 Å². The van der Waals surface area contributed by atoms with Gasteiger partial charge in [0.2, 0.25) is 12.4 Å². The third kappa shape index (κ3) is 2.37. The fourth-order valence-electron chi connectivity index (χ4n) is 2.61. The molecule has 1 aliphatic rings. The summed E-state index contributed by atoms with van der Waals surface area (Å²) in [5.41, 5.74) is 5.02. The van der Waals surface area contributed by atoms with Crippen molar-refractivity contribution in [3.8, 4) is 0 Å². The molecule has 2 aromatic rings. The predicted molar refractivity (Wildman–Crippen MR) is 84.6 cm³/mol. The molecule has 0 aromatic heterocycles. The van der Waals surface area contributed by atoms with Crippen LogP contribution in [0.1, 0.15) is 13.8 Å². The zero-order valence-corrected chi connectivity index (χ0v) is 12.0. The third-order valence-electron chi connectivity index (χ3n) is 3.69. The molecule has 3 rings (SSSR count). The second-order valence-corrected chi connectivity index (χ2v) is 5.10. The normalized spacial score (nSPS) is 15.3. The van der Waals surface area contributed by atoms with E-state index in [1.54, 1.807) is 0 Å². The summed E-state index contributed by atoms with van der Waals surface area (Å²) >= 11 is 0. The third-order valence-corrected chi connectivity index (χ3v) is 3.69. The zero-order chi connectivity index (χ0) is 13.9. The number of hydrogen-bond acceptors (Lipinski definition) is 1. The Morgan fingerprint density at radius 3 is 2.10 bits per heavy atom. The lowest BCUT2D eigenvalue weighted by Crippen LogP contribution is -2.35. The molecular weight excluding hydrogens is 244 g/mol. The van der Waals surface area contributed by atoms with E-state index in [9.17, 15) is 0 Å². The van der Waals surface area contributed by atoms with Crippen LogP contribution in [0.3, 0.4) is 0 Å². The van der Waals surface area contributed by atoms with Gasteiger partial charge >= 0.3 is 0 Å². The van der Waals surface area contributed by atoms with Crippen LogP contribution < -0.4 is 4.90 Å². The van der Waals surface area contributed by atoms with Crippen molar-refractivity contribution in [3.63, 3.8) is 0 Å². The molecule has 2 heteroatoms. The maximum Gasteiger partial charge on any atom is 0.228 e. The summed E-state index contributed by atoms with van der Waals surface area (Å²) in [6.45, 7) is 5.18. The van der Waals surface area contributed by atoms with Gasteiger partial charge in [-0.3, -0.25) is 4.90 Å². The summed E-state index contributed by atoms with van der Waals surface area (Å²) in [6.07, 6.45) is 2.24. The van der Waals surface area contributed by atoms with Crippen LogP contribution in [0.25, 0.3) is 0 Å². The molecule has 0 saturated heterocycles. The van der Waals surface area contributed by atoms with Crippen LogP contribution in [0.2, 0.25) is 0 Å². The number of rotatable bonds is 2. The van der Waals surface area contributed by atoms with Gasteiger partial charge in [-0.2, -0.15) is 4.58 Å². The summed E-state index contributed by atoms with van der Waals surface area (Å²) in [5, 5.41) is 0. The number of hydrogen-bond donors (Lipinski definition) is 0. The second kappa shape index (κ2) is 5.33. The first-order valence-corrected chi connectivity index (χ1v) is 6.93. The molecule has 0 saturated carbocycles. The number of allylic oxidation sites excluding steroid dienone is 2. The maximum atomic E-state index is 2.33. The summed E-state index contributed by atoms with van der Waals surface area (Å²) in [7, 11) is 0. The zero-order valence-electron chi connectivity index (χ0n) is 12.0. The molecule has 0 radical (unpaired) electrons. The van der Waals surface area contributed by atoms with Crippen LogP contribution in [0.15, 0.2) is 72.4 Å². The van der Waals surface area contributed by atoms with Gasteiger partial charge in [0.05, 0.1) is 0 Å². The highest BCUT2D eigenvalue weighted by Gasteiger charge is 2.23. The number of nitrogens with zero attached hydrogens (tertiary/aromatic N) is 2. The quantitative estimate of drug-likeness (QED) is 0.737. The lowest BCUT2D eigenvalue weighted by atomic mass is 10.2. The van der Waals surface area contributed by atoms with Gasteiger partial charge in [-0.1, -0.05) is 36.4 Å². The van der Waals surface area contributed by atoms with Gasteiger partial charge in [0.25, 0.3) is 0 Å². The van der Waals surface area contributed by atoms with Crippen LogP contribution in [-0.4, -0.2) is 17.0 Å². The van der Waals surface area contributed by atoms with Crippen LogP contribution in [0.4, 0.5) is 11.4 Å². The van der Waals surface area contributed by atoms with Crippen molar-refractivity contribution in [1.82, 2.24) is 0 Å². The standard InChI is InChI=1S/C18H19N2/c1-15-13-16(2)20(18-11-7-4-8-12-18)14-19(15)17-9-5-3-6-10-17/h3-13H,14H2,1-2H3/q+1. The van der Waals surface area contributed by atoms with Crippen molar-refractivity contribution in [3.05, 3.63) is 72.4 Å². The summed E-state index contributed by atoms with van der Waals surface area (Å²) in [5.74, 6) is 0. The minimum absolute atomic E-state index is 0.849. The lowest BCUT2D eigenvalue weighted by molar-refractivity contribution is -0.440. The molecule has 0 spiro atoms. The van der Waals surface area contributed by atoms with Crippen LogP contribution in [0, 0.1) is 0 Å². The molecule has 0 N–H and O–H groups in total. The number of para-hydroxylation sites is 2. The van der Waals surface area contributed by atoms with E-state index in [0.29, 0.717) is 0 Å². The van der Waals surface area contributed by atoms with Crippen molar-refractivity contribution in [1.29, 1.82) is 0 Å². The van der Waals surface area contributed by atoms with Gasteiger partial charge in [-0.15, -0.1) is 0 Å². The Hall–Kier alpha value is -2.35. The largest absolute Gasteiger partial charge is 0.290 e. The molecule has 20 heavy (non-hydrogen) atoms. The summed E-state index contributed by atoms with van der Waals surface area (Å²) < 4.78 is 2.33. The van der Waals surface area contributed by atoms with E-state index in [0.717, 1.165) is 6.67 Å². The molecular formula is C18H19N2+. The molecule has 0 fully saturated rings. The van der Waals surface area contributed by atoms with E-state index in [1.165, 1.54) is 22.8 Å². The average Bonchev–Trinajstić information content (AvgIpc) is 2.49. The Balaban J connectivity index is 1.99. The Morgan fingerprint density at radius 1 is 0.850 bits per heavy atom. The molecule has 2 aromatic carbocycles. The Morgan fingerprint density at radius 2 is 1.45 bits per heavy atom. The fraction of sp³-hybridized carbons (Fsp3) is 0.167. The Bertz CT molecular complexity index is 654. The highest BCUT2D eigenvalue weighted by molar-refractivity contribution is 5.91. The molecule has 0 aliphatic carbocycles. The van der Waals surface area contributed by atoms with Gasteiger partial charge in [0.15, 0.2) is 5.71 Å². The van der Waals surface area contributed by atoms with E-state index in [4.69, 9.17) is 0 Å². The minimum atomic E-state index is 0.849. The highest BCUT2D eigenvalue weighted by atomic mass is 15.3. The maximum absolute atomic E-state index is 2.33. The smallest absolute Gasteiger partial charge is 0.228 e. The van der Waals surface area contributed by atoms with Crippen molar-refractivity contribution < 1.29 is 4.58 Å². The molecule has 0 amide bonds. The molecule has 0 bridgehead atoms. The molecule has 1 heterocycles. The number of anilines is 1. The molecule has 1 aliphatic heterocycles. The van der Waals surface area contributed by atoms with Crippen molar-refractivity contribution in [2.24, 2.45) is 0 Å². The van der Waals surface area contributed by atoms with E-state index >= 15 is 0 Å². The van der Waals surface area contributed by atoms with Crippen LogP contribution >= 0.6 is 0 Å². The fourth-order valence-corrected chi connectivity index (χ4v) is 2.61. The molecule has 100 valence electrons. The van der Waals surface area contributed by atoms with Crippen molar-refractivity contribution >= 4 is 17.1 Å². The average molecular weight is 263 g/mol. The topological polar surface area (TPSA) is 6.25 Å². The van der Waals surface area contributed by atoms with E-state index < -0.39 is 0 Å². The highest BCUT2D eigenvalue weighted by Crippen LogP contribution is 2.24. The first kappa shape index (κ1) is 12.7. The second-order valence-electron chi connectivity index (χ2n) is 5.10. The molecule has 0 atom stereocenters. The monoisotopic (exact) mass is 263 g/mol. The van der Waals surface area contributed by atoms with Crippen LogP contribution in [-0.2, 0) is 0 Å². The van der Waals surface area contributed by atoms with Gasteiger partial charge in [-0.05, 0) is 19.1 Å². The molecule has 0 unspecified atom stereocenters. The van der Waals surface area contributed by atoms with Gasteiger partial charge in [-0.25, -0.2) is 0 Å². The van der Waals surface area contributed by atoms with E-state index in [2.05, 4.69) is 90.1 Å². The van der Waals surface area contributed by atoms with Gasteiger partial charge < -0.3 is 0 Å². The molecule has 2 nitrogen and oxygen atoms in total. The minimum Gasteiger partial charge on any atom is -0.290 e. The van der Waals surface area contributed by atoms with Crippen LogP contribution in [0.5, 0.6) is 0 Å². The summed E-state index contributed by atoms with van der Waals surface area (Å²) in [6, 6.07) is 21.1. The summed E-state index contributed by atoms with van der Waals surface area (Å²) in [4.78, 5) is 2.33. The van der Waals surface area contributed by atoms with Gasteiger partial charge in [0, 0.05) is 36.5 Å². The lowest BCUT2D eigenvalue weighted by Gasteiger charge is -2.26. The van der Waals surface area contributed by atoms with E-state index in [-0.39, 0.29) is 0 Å². The van der Waals surface area contributed by atoms with E-state index in [1.807, 2.05) is 0 Å². The van der Waals surface area contributed by atoms with Gasteiger partial charge in [0.1, 0.15) is 0 Å².